The number of nitrogens with zero attached hydrogens (tertiary/aromatic N) is 3. The summed E-state index contributed by atoms with van der Waals surface area (Å²) in [6.07, 6.45) is 0. The van der Waals surface area contributed by atoms with Gasteiger partial charge in [0.15, 0.2) is 10.8 Å². The van der Waals surface area contributed by atoms with Crippen LogP contribution in [0, 0.1) is 0 Å². The van der Waals surface area contributed by atoms with Crippen LogP contribution in [0.1, 0.15) is 10.5 Å². The van der Waals surface area contributed by atoms with Crippen molar-refractivity contribution in [3.05, 3.63) is 11.1 Å². The first-order chi connectivity index (χ1) is 7.65. The molecule has 0 bridgehead atoms. The number of hydrogen-bond donors (Lipinski definition) is 2. The number of aromatic nitrogens is 1. The van der Waals surface area contributed by atoms with Crippen LogP contribution in [-0.4, -0.2) is 59.2 Å². The van der Waals surface area contributed by atoms with Gasteiger partial charge >= 0.3 is 5.97 Å². The fourth-order valence-corrected chi connectivity index (χ4v) is 2.19. The van der Waals surface area contributed by atoms with Gasteiger partial charge in [-0.3, -0.25) is 5.43 Å². The van der Waals surface area contributed by atoms with E-state index < -0.39 is 5.97 Å². The normalized spacial score (nSPS) is 18.6. The molecule has 0 amide bonds. The largest absolute Gasteiger partial charge is 0.476 e. The number of aromatic carboxylic acids is 1. The van der Waals surface area contributed by atoms with Gasteiger partial charge in [-0.1, -0.05) is 0 Å². The number of likely N-dealkylation sites (N-methyl/N-ethyl adjacent to an activating group) is 1. The van der Waals surface area contributed by atoms with Gasteiger partial charge in [0.25, 0.3) is 0 Å². The second-order valence-corrected chi connectivity index (χ2v) is 4.60. The predicted octanol–water partition coefficient (Wildman–Crippen LogP) is 0.416. The van der Waals surface area contributed by atoms with Crippen molar-refractivity contribution in [1.29, 1.82) is 0 Å². The highest BCUT2D eigenvalue weighted by Crippen LogP contribution is 2.16. The Morgan fingerprint density at radius 2 is 2.19 bits per heavy atom. The summed E-state index contributed by atoms with van der Waals surface area (Å²) in [5, 5.41) is 13.0. The highest BCUT2D eigenvalue weighted by atomic mass is 32.1. The maximum Gasteiger partial charge on any atom is 0.355 e. The second kappa shape index (κ2) is 4.77. The van der Waals surface area contributed by atoms with Crippen LogP contribution in [0.4, 0.5) is 5.13 Å². The molecule has 1 aliphatic rings. The van der Waals surface area contributed by atoms with E-state index in [1.54, 1.807) is 5.38 Å². The second-order valence-electron chi connectivity index (χ2n) is 3.75. The van der Waals surface area contributed by atoms with E-state index in [4.69, 9.17) is 5.11 Å². The molecule has 1 aromatic rings. The Kier molecular flexibility index (Phi) is 3.37. The lowest BCUT2D eigenvalue weighted by Gasteiger charge is -2.32. The van der Waals surface area contributed by atoms with E-state index in [9.17, 15) is 4.79 Å². The summed E-state index contributed by atoms with van der Waals surface area (Å²) in [6, 6.07) is 0. The van der Waals surface area contributed by atoms with E-state index >= 15 is 0 Å². The molecule has 2 N–H and O–H groups in total. The minimum absolute atomic E-state index is 0.0987. The van der Waals surface area contributed by atoms with Gasteiger partial charge in [-0.25, -0.2) is 14.8 Å². The molecule has 2 heterocycles. The zero-order valence-electron chi connectivity index (χ0n) is 9.01. The summed E-state index contributed by atoms with van der Waals surface area (Å²) in [7, 11) is 2.09. The Hall–Kier alpha value is -1.18. The fourth-order valence-electron chi connectivity index (χ4n) is 1.48. The van der Waals surface area contributed by atoms with Crippen LogP contribution >= 0.6 is 11.3 Å². The van der Waals surface area contributed by atoms with Crippen molar-refractivity contribution in [3.63, 3.8) is 0 Å². The predicted molar refractivity (Wildman–Crippen MR) is 61.8 cm³/mol. The molecule has 0 unspecified atom stereocenters. The molecule has 7 heteroatoms. The van der Waals surface area contributed by atoms with Gasteiger partial charge < -0.3 is 10.0 Å². The van der Waals surface area contributed by atoms with Crippen LogP contribution in [-0.2, 0) is 0 Å². The van der Waals surface area contributed by atoms with Crippen LogP contribution in [0.25, 0.3) is 0 Å². The molecule has 1 aliphatic heterocycles. The molecule has 6 nitrogen and oxygen atoms in total. The van der Waals surface area contributed by atoms with Crippen LogP contribution in [0.15, 0.2) is 5.38 Å². The number of carbonyl (C=O) groups is 1. The molecule has 0 saturated carbocycles. The molecule has 0 radical (unpaired) electrons. The lowest BCUT2D eigenvalue weighted by Crippen LogP contribution is -2.46. The molecule has 0 spiro atoms. The Morgan fingerprint density at radius 1 is 1.50 bits per heavy atom. The maximum absolute atomic E-state index is 10.6. The van der Waals surface area contributed by atoms with E-state index in [1.165, 1.54) is 11.3 Å². The average Bonchev–Trinajstić information content (AvgIpc) is 2.70. The van der Waals surface area contributed by atoms with E-state index in [0.717, 1.165) is 26.2 Å². The molecule has 1 aromatic heterocycles. The number of piperazine rings is 1. The number of rotatable bonds is 3. The van der Waals surface area contributed by atoms with Crippen molar-refractivity contribution in [2.45, 2.75) is 0 Å². The van der Waals surface area contributed by atoms with Gasteiger partial charge in [0.05, 0.1) is 0 Å². The number of hydrogen-bond acceptors (Lipinski definition) is 6. The molecular weight excluding hydrogens is 228 g/mol. The third-order valence-electron chi connectivity index (χ3n) is 2.48. The number of hydrazine groups is 1. The van der Waals surface area contributed by atoms with E-state index in [0.29, 0.717) is 5.13 Å². The molecule has 1 fully saturated rings. The first kappa shape index (κ1) is 11.3. The minimum atomic E-state index is -0.984. The van der Waals surface area contributed by atoms with Crippen molar-refractivity contribution >= 4 is 22.4 Å². The van der Waals surface area contributed by atoms with Gasteiger partial charge in [0, 0.05) is 31.6 Å². The summed E-state index contributed by atoms with van der Waals surface area (Å²) in [5.74, 6) is -0.984. The zero-order valence-corrected chi connectivity index (χ0v) is 9.83. The highest BCUT2D eigenvalue weighted by molar-refractivity contribution is 7.13. The fraction of sp³-hybridized carbons (Fsp3) is 0.556. The topological polar surface area (TPSA) is 68.7 Å². The van der Waals surface area contributed by atoms with Gasteiger partial charge in [-0.05, 0) is 7.05 Å². The number of anilines is 1. The van der Waals surface area contributed by atoms with Crippen LogP contribution in [0.2, 0.25) is 0 Å². The summed E-state index contributed by atoms with van der Waals surface area (Å²) >= 11 is 1.31. The first-order valence-electron chi connectivity index (χ1n) is 5.04. The number of thiazole rings is 1. The van der Waals surface area contributed by atoms with Gasteiger partial charge in [-0.15, -0.1) is 11.3 Å². The van der Waals surface area contributed by atoms with Crippen LogP contribution < -0.4 is 5.43 Å². The molecule has 0 atom stereocenters. The number of carboxylic acid groups (broad SMARTS) is 1. The van der Waals surface area contributed by atoms with Crippen LogP contribution in [0.3, 0.4) is 0 Å². The van der Waals surface area contributed by atoms with Crippen molar-refractivity contribution in [2.24, 2.45) is 0 Å². The Balaban J connectivity index is 1.91. The summed E-state index contributed by atoms with van der Waals surface area (Å²) in [5.41, 5.74) is 3.23. The molecule has 1 saturated heterocycles. The van der Waals surface area contributed by atoms with Gasteiger partial charge in [-0.2, -0.15) is 0 Å². The lowest BCUT2D eigenvalue weighted by atomic mass is 10.4. The van der Waals surface area contributed by atoms with Crippen molar-refractivity contribution < 1.29 is 9.90 Å². The first-order valence-corrected chi connectivity index (χ1v) is 5.92. The van der Waals surface area contributed by atoms with E-state index in [-0.39, 0.29) is 5.69 Å². The lowest BCUT2D eigenvalue weighted by molar-refractivity contribution is 0.0691. The Morgan fingerprint density at radius 3 is 2.75 bits per heavy atom. The van der Waals surface area contributed by atoms with Crippen molar-refractivity contribution in [2.75, 3.05) is 38.7 Å². The van der Waals surface area contributed by atoms with Crippen molar-refractivity contribution in [3.8, 4) is 0 Å². The van der Waals surface area contributed by atoms with E-state index in [1.807, 2.05) is 0 Å². The summed E-state index contributed by atoms with van der Waals surface area (Å²) in [6.45, 7) is 3.84. The van der Waals surface area contributed by atoms with Crippen LogP contribution in [0.5, 0.6) is 0 Å². The molecular formula is C9H14N4O2S. The van der Waals surface area contributed by atoms with Gasteiger partial charge in [0.2, 0.25) is 0 Å². The van der Waals surface area contributed by atoms with E-state index in [2.05, 4.69) is 27.4 Å². The third-order valence-corrected chi connectivity index (χ3v) is 3.23. The summed E-state index contributed by atoms with van der Waals surface area (Å²) < 4.78 is 0. The van der Waals surface area contributed by atoms with Gasteiger partial charge in [0.1, 0.15) is 0 Å². The summed E-state index contributed by atoms with van der Waals surface area (Å²) in [4.78, 5) is 16.9. The highest BCUT2D eigenvalue weighted by Gasteiger charge is 2.15. The average molecular weight is 242 g/mol. The Bertz CT molecular complexity index is 373. The zero-order chi connectivity index (χ0) is 11.5. The molecule has 0 aliphatic carbocycles. The molecule has 0 aromatic carbocycles. The number of carboxylic acids is 1. The SMILES string of the molecule is CN1CCN(Nc2nc(C(=O)O)cs2)CC1. The molecule has 2 rings (SSSR count). The van der Waals surface area contributed by atoms with Crippen molar-refractivity contribution in [1.82, 2.24) is 14.9 Å². The number of nitrogens with one attached hydrogen (secondary N) is 1. The molecule has 16 heavy (non-hydrogen) atoms. The minimum Gasteiger partial charge on any atom is -0.476 e. The monoisotopic (exact) mass is 242 g/mol. The quantitative estimate of drug-likeness (QED) is 0.800. The maximum atomic E-state index is 10.6. The molecule has 88 valence electrons. The third kappa shape index (κ3) is 2.69. The smallest absolute Gasteiger partial charge is 0.355 e. The Labute approximate surface area is 97.5 Å². The standard InChI is InChI=1S/C9H14N4O2S/c1-12-2-4-13(5-3-12)11-9-10-7(6-16-9)8(14)15/h6H,2-5H2,1H3,(H,10,11)(H,14,15).